The van der Waals surface area contributed by atoms with E-state index in [1.807, 2.05) is 66.4 Å². The number of hydrogen-bond acceptors (Lipinski definition) is 3. The number of likely N-dealkylation sites (tertiary alicyclic amines) is 1. The molecule has 1 aliphatic heterocycles. The first-order valence-electron chi connectivity index (χ1n) is 9.47. The van der Waals surface area contributed by atoms with E-state index >= 15 is 0 Å². The Kier molecular flexibility index (Phi) is 4.97. The lowest BCUT2D eigenvalue weighted by Gasteiger charge is -2.34. The van der Waals surface area contributed by atoms with Crippen molar-refractivity contribution < 1.29 is 9.21 Å². The first-order valence-corrected chi connectivity index (χ1v) is 9.47. The maximum Gasteiger partial charge on any atom is 0.253 e. The van der Waals surface area contributed by atoms with Crippen molar-refractivity contribution in [3.63, 3.8) is 0 Å². The second-order valence-electron chi connectivity index (χ2n) is 7.09. The molecule has 4 rings (SSSR count). The van der Waals surface area contributed by atoms with Gasteiger partial charge in [-0.1, -0.05) is 30.3 Å². The van der Waals surface area contributed by atoms with E-state index in [9.17, 15) is 4.79 Å². The molecule has 3 aromatic rings. The van der Waals surface area contributed by atoms with Gasteiger partial charge in [-0.2, -0.15) is 0 Å². The number of aryl methyl sites for hydroxylation is 1. The van der Waals surface area contributed by atoms with Gasteiger partial charge in [0.1, 0.15) is 11.5 Å². The zero-order valence-corrected chi connectivity index (χ0v) is 15.5. The van der Waals surface area contributed by atoms with Gasteiger partial charge in [0.15, 0.2) is 0 Å². The lowest BCUT2D eigenvalue weighted by Crippen LogP contribution is -2.45. The molecule has 4 nitrogen and oxygen atoms in total. The highest BCUT2D eigenvalue weighted by molar-refractivity contribution is 5.95. The predicted molar refractivity (Wildman–Crippen MR) is 108 cm³/mol. The molecule has 2 heterocycles. The summed E-state index contributed by atoms with van der Waals surface area (Å²) in [6.07, 6.45) is 2.08. The Labute approximate surface area is 159 Å². The van der Waals surface area contributed by atoms with E-state index in [2.05, 4.69) is 17.4 Å². The summed E-state index contributed by atoms with van der Waals surface area (Å²) < 4.78 is 5.70. The van der Waals surface area contributed by atoms with Gasteiger partial charge in [-0.25, -0.2) is 0 Å². The monoisotopic (exact) mass is 360 g/mol. The highest BCUT2D eigenvalue weighted by Crippen LogP contribution is 2.24. The minimum absolute atomic E-state index is 0.0830. The number of piperidine rings is 1. The fourth-order valence-corrected chi connectivity index (χ4v) is 3.63. The summed E-state index contributed by atoms with van der Waals surface area (Å²) in [5, 5.41) is 3.55. The highest BCUT2D eigenvalue weighted by atomic mass is 16.3. The van der Waals surface area contributed by atoms with Gasteiger partial charge in [-0.3, -0.25) is 4.79 Å². The molecule has 1 saturated heterocycles. The minimum Gasteiger partial charge on any atom is -0.461 e. The largest absolute Gasteiger partial charge is 0.461 e. The van der Waals surface area contributed by atoms with Crippen LogP contribution in [0.5, 0.6) is 0 Å². The lowest BCUT2D eigenvalue weighted by atomic mass is 10.0. The Morgan fingerprint density at radius 2 is 1.93 bits per heavy atom. The fraction of sp³-hybridized carbons (Fsp3) is 0.261. The topological polar surface area (TPSA) is 45.5 Å². The molecule has 1 N–H and O–H groups in total. The molecule has 0 unspecified atom stereocenters. The molecular weight excluding hydrogens is 336 g/mol. The summed E-state index contributed by atoms with van der Waals surface area (Å²) in [5.41, 5.74) is 2.75. The Morgan fingerprint density at radius 1 is 1.07 bits per heavy atom. The van der Waals surface area contributed by atoms with Crippen LogP contribution < -0.4 is 5.32 Å². The van der Waals surface area contributed by atoms with Gasteiger partial charge in [0.25, 0.3) is 5.91 Å². The van der Waals surface area contributed by atoms with Crippen LogP contribution in [-0.2, 0) is 0 Å². The molecule has 1 aromatic heterocycles. The van der Waals surface area contributed by atoms with Gasteiger partial charge in [-0.15, -0.1) is 0 Å². The van der Waals surface area contributed by atoms with Crippen molar-refractivity contribution in [2.24, 2.45) is 0 Å². The van der Waals surface area contributed by atoms with Crippen LogP contribution in [0.3, 0.4) is 0 Å². The molecule has 0 spiro atoms. The summed E-state index contributed by atoms with van der Waals surface area (Å²) in [6.45, 7) is 3.44. The third-order valence-electron chi connectivity index (χ3n) is 4.99. The summed E-state index contributed by atoms with van der Waals surface area (Å²) >= 11 is 0. The van der Waals surface area contributed by atoms with E-state index in [0.717, 1.165) is 48.7 Å². The van der Waals surface area contributed by atoms with Gasteiger partial charge >= 0.3 is 0 Å². The lowest BCUT2D eigenvalue weighted by molar-refractivity contribution is 0.0715. The molecule has 0 saturated carbocycles. The van der Waals surface area contributed by atoms with Crippen LogP contribution in [0.15, 0.2) is 71.1 Å². The molecule has 0 radical (unpaired) electrons. The van der Waals surface area contributed by atoms with E-state index in [0.29, 0.717) is 5.56 Å². The Balaban J connectivity index is 1.47. The zero-order valence-electron chi connectivity index (χ0n) is 15.5. The number of carbonyl (C=O) groups is 1. The number of rotatable bonds is 4. The first-order chi connectivity index (χ1) is 13.2. The van der Waals surface area contributed by atoms with Crippen LogP contribution >= 0.6 is 0 Å². The van der Waals surface area contributed by atoms with Gasteiger partial charge in [-0.05, 0) is 56.2 Å². The number of hydrogen-bond donors (Lipinski definition) is 1. The average Bonchev–Trinajstić information content (AvgIpc) is 3.15. The third-order valence-corrected chi connectivity index (χ3v) is 4.99. The van der Waals surface area contributed by atoms with E-state index in [-0.39, 0.29) is 11.9 Å². The number of amides is 1. The number of nitrogens with one attached hydrogen (secondary N) is 1. The van der Waals surface area contributed by atoms with E-state index < -0.39 is 0 Å². The van der Waals surface area contributed by atoms with Gasteiger partial charge in [0.05, 0.1) is 0 Å². The summed E-state index contributed by atoms with van der Waals surface area (Å²) in [4.78, 5) is 15.0. The van der Waals surface area contributed by atoms with Gasteiger partial charge in [0, 0.05) is 35.9 Å². The number of anilines is 1. The molecule has 27 heavy (non-hydrogen) atoms. The minimum atomic E-state index is 0.0830. The van der Waals surface area contributed by atoms with E-state index in [1.165, 1.54) is 0 Å². The van der Waals surface area contributed by atoms with E-state index in [4.69, 9.17) is 4.42 Å². The Bertz CT molecular complexity index is 917. The third kappa shape index (κ3) is 4.05. The second kappa shape index (κ2) is 7.70. The Morgan fingerprint density at radius 3 is 2.70 bits per heavy atom. The number of benzene rings is 2. The van der Waals surface area contributed by atoms with Crippen molar-refractivity contribution in [2.45, 2.75) is 25.8 Å². The molecule has 138 valence electrons. The molecule has 1 atom stereocenters. The second-order valence-corrected chi connectivity index (χ2v) is 7.09. The number of para-hydroxylation sites is 1. The van der Waals surface area contributed by atoms with Crippen molar-refractivity contribution in [2.75, 3.05) is 18.4 Å². The highest BCUT2D eigenvalue weighted by Gasteiger charge is 2.24. The quantitative estimate of drug-likeness (QED) is 0.714. The first kappa shape index (κ1) is 17.4. The molecule has 1 amide bonds. The normalized spacial score (nSPS) is 16.9. The molecule has 1 aliphatic rings. The zero-order chi connectivity index (χ0) is 18.6. The number of furan rings is 1. The van der Waals surface area contributed by atoms with Crippen molar-refractivity contribution in [1.29, 1.82) is 0 Å². The average molecular weight is 360 g/mol. The standard InChI is InChI=1S/C23H24N2O2/c1-17-12-13-22(27-17)18-7-5-8-19(15-18)23(26)25-14-6-11-21(16-25)24-20-9-3-2-4-10-20/h2-5,7-10,12-13,15,21,24H,6,11,14,16H2,1H3/t21-/m0/s1. The van der Waals surface area contributed by atoms with Crippen molar-refractivity contribution >= 4 is 11.6 Å². The van der Waals surface area contributed by atoms with Crippen molar-refractivity contribution in [3.8, 4) is 11.3 Å². The number of carbonyl (C=O) groups excluding carboxylic acids is 1. The molecular formula is C23H24N2O2. The molecule has 1 fully saturated rings. The molecule has 4 heteroatoms. The van der Waals surface area contributed by atoms with Gasteiger partial charge < -0.3 is 14.6 Å². The van der Waals surface area contributed by atoms with Crippen LogP contribution in [0.25, 0.3) is 11.3 Å². The smallest absolute Gasteiger partial charge is 0.253 e. The van der Waals surface area contributed by atoms with Crippen LogP contribution in [0.1, 0.15) is 29.0 Å². The van der Waals surface area contributed by atoms with Crippen molar-refractivity contribution in [1.82, 2.24) is 4.90 Å². The SMILES string of the molecule is Cc1ccc(-c2cccc(C(=O)N3CCC[C@H](Nc4ccccc4)C3)c2)o1. The van der Waals surface area contributed by atoms with Crippen LogP contribution in [0.2, 0.25) is 0 Å². The predicted octanol–water partition coefficient (Wildman–Crippen LogP) is 4.97. The summed E-state index contributed by atoms with van der Waals surface area (Å²) in [7, 11) is 0. The maximum atomic E-state index is 13.1. The summed E-state index contributed by atoms with van der Waals surface area (Å²) in [6, 6.07) is 22.1. The fourth-order valence-electron chi connectivity index (χ4n) is 3.63. The van der Waals surface area contributed by atoms with Crippen molar-refractivity contribution in [3.05, 3.63) is 78.1 Å². The van der Waals surface area contributed by atoms with E-state index in [1.54, 1.807) is 0 Å². The van der Waals surface area contributed by atoms with Crippen LogP contribution in [0, 0.1) is 6.92 Å². The summed E-state index contributed by atoms with van der Waals surface area (Å²) in [5.74, 6) is 1.75. The molecule has 0 aliphatic carbocycles. The van der Waals surface area contributed by atoms with Gasteiger partial charge in [0.2, 0.25) is 0 Å². The van der Waals surface area contributed by atoms with Crippen LogP contribution in [0.4, 0.5) is 5.69 Å². The molecule has 2 aromatic carbocycles. The maximum absolute atomic E-state index is 13.1. The number of nitrogens with zero attached hydrogens (tertiary/aromatic N) is 1. The Hall–Kier alpha value is -3.01. The molecule has 0 bridgehead atoms. The van der Waals surface area contributed by atoms with Crippen LogP contribution in [-0.4, -0.2) is 29.9 Å².